The molecule has 1 aliphatic heterocycles. The lowest BCUT2D eigenvalue weighted by molar-refractivity contribution is -0.120. The van der Waals surface area contributed by atoms with Crippen molar-refractivity contribution in [2.45, 2.75) is 12.6 Å². The maximum atomic E-state index is 11.6. The highest BCUT2D eigenvalue weighted by Gasteiger charge is 2.21. The number of nitrogens with one attached hydrogen (secondary N) is 2. The average Bonchev–Trinajstić information content (AvgIpc) is 2.75. The Morgan fingerprint density at radius 1 is 1.26 bits per heavy atom. The Morgan fingerprint density at radius 2 is 2.00 bits per heavy atom. The molecule has 0 radical (unpaired) electrons. The van der Waals surface area contributed by atoms with Gasteiger partial charge in [-0.15, -0.1) is 0 Å². The molecule has 1 aromatic rings. The number of amides is 1. The van der Waals surface area contributed by atoms with Gasteiger partial charge in [0.25, 0.3) is 0 Å². The summed E-state index contributed by atoms with van der Waals surface area (Å²) in [4.78, 5) is 11.6. The second-order valence-corrected chi connectivity index (χ2v) is 6.34. The van der Waals surface area contributed by atoms with E-state index in [4.69, 9.17) is 0 Å². The van der Waals surface area contributed by atoms with Gasteiger partial charge in [0.15, 0.2) is 9.84 Å². The van der Waals surface area contributed by atoms with E-state index in [1.54, 1.807) is 6.08 Å². The number of hydrogen-bond donors (Lipinski definition) is 2. The van der Waals surface area contributed by atoms with Crippen molar-refractivity contribution >= 4 is 15.7 Å². The molecular weight excluding hydrogens is 264 g/mol. The smallest absolute Gasteiger partial charge is 0.234 e. The number of carbonyl (C=O) groups is 1. The van der Waals surface area contributed by atoms with Crippen LogP contribution in [-0.4, -0.2) is 32.7 Å². The molecule has 0 saturated heterocycles. The fourth-order valence-corrected chi connectivity index (χ4v) is 3.06. The number of hydrogen-bond acceptors (Lipinski definition) is 4. The molecule has 0 spiro atoms. The summed E-state index contributed by atoms with van der Waals surface area (Å²) < 4.78 is 22.3. The maximum Gasteiger partial charge on any atom is 0.234 e. The zero-order valence-electron chi connectivity index (χ0n) is 10.4. The van der Waals surface area contributed by atoms with Crippen molar-refractivity contribution in [2.24, 2.45) is 0 Å². The van der Waals surface area contributed by atoms with E-state index in [1.165, 1.54) is 5.41 Å². The van der Waals surface area contributed by atoms with Crippen molar-refractivity contribution in [3.63, 3.8) is 0 Å². The number of sulfone groups is 1. The molecule has 6 heteroatoms. The third kappa shape index (κ3) is 4.50. The van der Waals surface area contributed by atoms with E-state index in [9.17, 15) is 13.2 Å². The topological polar surface area (TPSA) is 75.3 Å². The fraction of sp³-hybridized carbons (Fsp3) is 0.308. The lowest BCUT2D eigenvalue weighted by Gasteiger charge is -2.10. The summed E-state index contributed by atoms with van der Waals surface area (Å²) in [5.74, 6) is -0.125. The summed E-state index contributed by atoms with van der Waals surface area (Å²) in [5, 5.41) is 6.85. The number of rotatable bonds is 5. The molecule has 0 fully saturated rings. The van der Waals surface area contributed by atoms with Gasteiger partial charge in [-0.25, -0.2) is 8.42 Å². The molecule has 102 valence electrons. The van der Waals surface area contributed by atoms with Gasteiger partial charge in [0.05, 0.1) is 12.3 Å². The van der Waals surface area contributed by atoms with Gasteiger partial charge in [-0.2, -0.15) is 0 Å². The average molecular weight is 280 g/mol. The van der Waals surface area contributed by atoms with Crippen molar-refractivity contribution < 1.29 is 13.2 Å². The molecule has 1 amide bonds. The van der Waals surface area contributed by atoms with Gasteiger partial charge in [-0.05, 0) is 5.56 Å². The second kappa shape index (κ2) is 5.99. The molecule has 2 rings (SSSR count). The number of carbonyl (C=O) groups excluding carboxylic acids is 1. The SMILES string of the molecule is O=C(CNC1C=CS(=O)(=O)C1)NCc1ccccc1. The third-order valence-corrected chi connectivity index (χ3v) is 4.18. The van der Waals surface area contributed by atoms with E-state index in [1.807, 2.05) is 30.3 Å². The van der Waals surface area contributed by atoms with E-state index in [0.717, 1.165) is 5.56 Å². The summed E-state index contributed by atoms with van der Waals surface area (Å²) in [7, 11) is -3.07. The van der Waals surface area contributed by atoms with Crippen LogP contribution in [0.15, 0.2) is 41.8 Å². The van der Waals surface area contributed by atoms with Crippen LogP contribution >= 0.6 is 0 Å². The first-order chi connectivity index (χ1) is 9.05. The molecular formula is C13H16N2O3S. The molecule has 1 atom stereocenters. The van der Waals surface area contributed by atoms with Crippen molar-refractivity contribution in [1.29, 1.82) is 0 Å². The largest absolute Gasteiger partial charge is 0.351 e. The van der Waals surface area contributed by atoms with Crippen LogP contribution in [0.3, 0.4) is 0 Å². The van der Waals surface area contributed by atoms with Crippen molar-refractivity contribution in [1.82, 2.24) is 10.6 Å². The highest BCUT2D eigenvalue weighted by molar-refractivity contribution is 7.94. The van der Waals surface area contributed by atoms with E-state index in [-0.39, 0.29) is 24.2 Å². The van der Waals surface area contributed by atoms with Crippen LogP contribution < -0.4 is 10.6 Å². The Balaban J connectivity index is 1.70. The van der Waals surface area contributed by atoms with Crippen molar-refractivity contribution in [2.75, 3.05) is 12.3 Å². The Morgan fingerprint density at radius 3 is 2.63 bits per heavy atom. The molecule has 0 aliphatic carbocycles. The first-order valence-corrected chi connectivity index (χ1v) is 7.72. The Bertz CT molecular complexity index is 567. The molecule has 1 heterocycles. The molecule has 0 saturated carbocycles. The van der Waals surface area contributed by atoms with Gasteiger partial charge >= 0.3 is 0 Å². The van der Waals surface area contributed by atoms with Gasteiger partial charge in [0.1, 0.15) is 0 Å². The molecule has 19 heavy (non-hydrogen) atoms. The standard InChI is InChI=1S/C13H16N2O3S/c16-13(15-8-11-4-2-1-3-5-11)9-14-12-6-7-19(17,18)10-12/h1-7,12,14H,8-10H2,(H,15,16). The van der Waals surface area contributed by atoms with Gasteiger partial charge in [0, 0.05) is 18.0 Å². The minimum Gasteiger partial charge on any atom is -0.351 e. The first-order valence-electron chi connectivity index (χ1n) is 6.00. The lowest BCUT2D eigenvalue weighted by atomic mass is 10.2. The van der Waals surface area contributed by atoms with E-state index < -0.39 is 9.84 Å². The molecule has 1 aromatic carbocycles. The second-order valence-electron chi connectivity index (χ2n) is 4.41. The van der Waals surface area contributed by atoms with E-state index in [0.29, 0.717) is 6.54 Å². The Labute approximate surface area is 112 Å². The minimum absolute atomic E-state index is 0.0268. The zero-order valence-corrected chi connectivity index (χ0v) is 11.2. The van der Waals surface area contributed by atoms with Gasteiger partial charge in [0.2, 0.25) is 5.91 Å². The van der Waals surface area contributed by atoms with Crippen LogP contribution in [0, 0.1) is 0 Å². The van der Waals surface area contributed by atoms with Crippen molar-refractivity contribution in [3.8, 4) is 0 Å². The fourth-order valence-electron chi connectivity index (χ4n) is 1.79. The molecule has 0 bridgehead atoms. The molecule has 0 aromatic heterocycles. The molecule has 5 nitrogen and oxygen atoms in total. The lowest BCUT2D eigenvalue weighted by Crippen LogP contribution is -2.39. The van der Waals surface area contributed by atoms with Crippen LogP contribution in [-0.2, 0) is 21.2 Å². The molecule has 1 unspecified atom stereocenters. The summed E-state index contributed by atoms with van der Waals surface area (Å²) in [5.41, 5.74) is 1.03. The normalized spacial score (nSPS) is 20.3. The van der Waals surface area contributed by atoms with Crippen LogP contribution in [0.1, 0.15) is 5.56 Å². The van der Waals surface area contributed by atoms with E-state index >= 15 is 0 Å². The highest BCUT2D eigenvalue weighted by Crippen LogP contribution is 2.07. The van der Waals surface area contributed by atoms with Crippen LogP contribution in [0.4, 0.5) is 0 Å². The summed E-state index contributed by atoms with van der Waals surface area (Å²) in [6.07, 6.45) is 1.57. The monoisotopic (exact) mass is 280 g/mol. The maximum absolute atomic E-state index is 11.6. The molecule has 2 N–H and O–H groups in total. The summed E-state index contributed by atoms with van der Waals surface area (Å²) >= 11 is 0. The van der Waals surface area contributed by atoms with E-state index in [2.05, 4.69) is 10.6 Å². The van der Waals surface area contributed by atoms with Crippen molar-refractivity contribution in [3.05, 3.63) is 47.4 Å². The van der Waals surface area contributed by atoms with Gasteiger partial charge in [-0.1, -0.05) is 36.4 Å². The Hall–Kier alpha value is -1.66. The third-order valence-electron chi connectivity index (χ3n) is 2.79. The number of benzene rings is 1. The van der Waals surface area contributed by atoms with Crippen LogP contribution in [0.5, 0.6) is 0 Å². The zero-order chi connectivity index (χ0) is 13.7. The first kappa shape index (κ1) is 13.8. The minimum atomic E-state index is -3.07. The molecule has 1 aliphatic rings. The van der Waals surface area contributed by atoms with Crippen LogP contribution in [0.2, 0.25) is 0 Å². The summed E-state index contributed by atoms with van der Waals surface area (Å²) in [6.45, 7) is 0.581. The predicted octanol–water partition coefficient (Wildman–Crippen LogP) is 0.203. The highest BCUT2D eigenvalue weighted by atomic mass is 32.2. The quantitative estimate of drug-likeness (QED) is 0.808. The van der Waals surface area contributed by atoms with Crippen LogP contribution in [0.25, 0.3) is 0 Å². The predicted molar refractivity (Wildman–Crippen MR) is 73.0 cm³/mol. The van der Waals surface area contributed by atoms with Gasteiger partial charge in [-0.3, -0.25) is 4.79 Å². The van der Waals surface area contributed by atoms with Gasteiger partial charge < -0.3 is 10.6 Å². The summed E-state index contributed by atoms with van der Waals surface area (Å²) in [6, 6.07) is 9.33. The Kier molecular flexibility index (Phi) is 4.34.